The molecule has 7 heteroatoms. The summed E-state index contributed by atoms with van der Waals surface area (Å²) in [5.41, 5.74) is 5.03. The number of rotatable bonds is 6. The summed E-state index contributed by atoms with van der Waals surface area (Å²) >= 11 is 0. The number of carbonyl (C=O) groups excluding carboxylic acids is 1. The fraction of sp³-hybridized carbons (Fsp3) is 0.100. The van der Waals surface area contributed by atoms with Gasteiger partial charge in [0.05, 0.1) is 29.6 Å². The number of aromatic nitrogens is 2. The van der Waals surface area contributed by atoms with Crippen LogP contribution in [0.2, 0.25) is 0 Å². The molecule has 2 amide bonds. The summed E-state index contributed by atoms with van der Waals surface area (Å²) in [5, 5.41) is 7.34. The lowest BCUT2D eigenvalue weighted by atomic mass is 10.1. The predicted octanol–water partition coefficient (Wildman–Crippen LogP) is 5.61. The number of pyridine rings is 2. The number of anilines is 5. The monoisotopic (exact) mass is 491 g/mol. The molecule has 0 aliphatic rings. The van der Waals surface area contributed by atoms with Crippen LogP contribution < -0.4 is 29.4 Å². The Bertz CT molecular complexity index is 1540. The lowest BCUT2D eigenvalue weighted by Crippen LogP contribution is -2.34. The molecule has 2 N–H and O–H groups in total. The van der Waals surface area contributed by atoms with E-state index in [-0.39, 0.29) is 6.03 Å². The Balaban J connectivity index is 1.47. The number of para-hydroxylation sites is 2. The average molecular weight is 492 g/mol. The molecule has 0 radical (unpaired) electrons. The van der Waals surface area contributed by atoms with E-state index in [4.69, 9.17) is 4.74 Å². The lowest BCUT2D eigenvalue weighted by molar-refractivity contribution is -0.671. The van der Waals surface area contributed by atoms with Crippen LogP contribution in [0.3, 0.4) is 0 Å². The van der Waals surface area contributed by atoms with Crippen molar-refractivity contribution in [2.24, 2.45) is 14.1 Å². The SMILES string of the molecule is COc1cccc2c(N(C(=O)Nc3ccc(Nc4cc[n+](C)cc4)cc3)c3ccccc3)cc[n+](C)c12. The normalized spacial score (nSPS) is 10.7. The van der Waals surface area contributed by atoms with Crippen LogP contribution in [0.1, 0.15) is 0 Å². The molecule has 0 atom stereocenters. The molecule has 184 valence electrons. The van der Waals surface area contributed by atoms with Crippen LogP contribution in [0.25, 0.3) is 10.9 Å². The highest BCUT2D eigenvalue weighted by molar-refractivity contribution is 6.11. The minimum atomic E-state index is -0.263. The average Bonchev–Trinajstić information content (AvgIpc) is 2.93. The van der Waals surface area contributed by atoms with Gasteiger partial charge in [-0.25, -0.2) is 9.36 Å². The van der Waals surface area contributed by atoms with Crippen LogP contribution in [0.4, 0.5) is 33.2 Å². The van der Waals surface area contributed by atoms with E-state index in [1.165, 1.54) is 0 Å². The van der Waals surface area contributed by atoms with Gasteiger partial charge in [0.15, 0.2) is 24.3 Å². The Hall–Kier alpha value is -4.91. The third-order valence-electron chi connectivity index (χ3n) is 6.17. The molecule has 5 rings (SSSR count). The van der Waals surface area contributed by atoms with Crippen molar-refractivity contribution in [1.29, 1.82) is 0 Å². The van der Waals surface area contributed by atoms with E-state index < -0.39 is 0 Å². The number of aryl methyl sites for hydroxylation is 2. The van der Waals surface area contributed by atoms with Gasteiger partial charge >= 0.3 is 6.03 Å². The van der Waals surface area contributed by atoms with Crippen LogP contribution in [-0.2, 0) is 14.1 Å². The zero-order valence-electron chi connectivity index (χ0n) is 21.1. The molecule has 5 aromatic rings. The minimum Gasteiger partial charge on any atom is -0.490 e. The maximum absolute atomic E-state index is 13.8. The van der Waals surface area contributed by atoms with Crippen LogP contribution in [-0.4, -0.2) is 13.1 Å². The molecule has 0 aliphatic carbocycles. The first-order chi connectivity index (χ1) is 18.0. The number of hydrogen-bond acceptors (Lipinski definition) is 3. The van der Waals surface area contributed by atoms with Gasteiger partial charge in [-0.3, -0.25) is 4.90 Å². The number of ether oxygens (including phenoxy) is 1. The fourth-order valence-corrected chi connectivity index (χ4v) is 4.31. The summed E-state index contributed by atoms with van der Waals surface area (Å²) < 4.78 is 9.60. The maximum atomic E-state index is 13.8. The second-order valence-electron chi connectivity index (χ2n) is 8.72. The minimum absolute atomic E-state index is 0.263. The Kier molecular flexibility index (Phi) is 6.68. The summed E-state index contributed by atoms with van der Waals surface area (Å²) in [6.45, 7) is 0. The van der Waals surface area contributed by atoms with Crippen molar-refractivity contribution >= 4 is 45.4 Å². The standard InChI is InChI=1S/C30H27N5O2/c1-33-19-16-24(17-20-33)31-22-12-14-23(15-13-22)32-30(36)35(25-8-5-4-6-9-25)27-18-21-34(2)29-26(27)10-7-11-28(29)37-3/h4-21H,1-3H3/p+2. The molecule has 0 fully saturated rings. The predicted molar refractivity (Wildman–Crippen MR) is 147 cm³/mol. The second kappa shape index (κ2) is 10.4. The molecule has 2 heterocycles. The van der Waals surface area contributed by atoms with Crippen LogP contribution in [0.5, 0.6) is 5.75 Å². The smallest absolute Gasteiger partial charge is 0.330 e. The van der Waals surface area contributed by atoms with Crippen molar-refractivity contribution in [2.45, 2.75) is 0 Å². The topological polar surface area (TPSA) is 61.4 Å². The number of carbonyl (C=O) groups is 1. The largest absolute Gasteiger partial charge is 0.490 e. The van der Waals surface area contributed by atoms with Gasteiger partial charge in [0.25, 0.3) is 5.52 Å². The number of methoxy groups -OCH3 is 1. The third kappa shape index (κ3) is 5.06. The Morgan fingerprint density at radius 1 is 0.757 bits per heavy atom. The number of hydrogen-bond donors (Lipinski definition) is 2. The molecule has 0 spiro atoms. The van der Waals surface area contributed by atoms with Gasteiger partial charge in [-0.1, -0.05) is 24.3 Å². The van der Waals surface area contributed by atoms with Crippen LogP contribution >= 0.6 is 0 Å². The van der Waals surface area contributed by atoms with Crippen LogP contribution in [0, 0.1) is 0 Å². The number of fused-ring (bicyclic) bond motifs is 1. The first-order valence-electron chi connectivity index (χ1n) is 12.0. The molecule has 3 aromatic carbocycles. The molecule has 2 aromatic heterocycles. The summed E-state index contributed by atoms with van der Waals surface area (Å²) in [5.74, 6) is 0.741. The molecule has 37 heavy (non-hydrogen) atoms. The van der Waals surface area contributed by atoms with Crippen molar-refractivity contribution in [2.75, 3.05) is 22.6 Å². The van der Waals surface area contributed by atoms with E-state index in [2.05, 4.69) is 10.6 Å². The van der Waals surface area contributed by atoms with Crippen LogP contribution in [0.15, 0.2) is 110 Å². The molecule has 0 saturated heterocycles. The number of nitrogens with zero attached hydrogens (tertiary/aromatic N) is 3. The van der Waals surface area contributed by atoms with Gasteiger partial charge < -0.3 is 15.4 Å². The van der Waals surface area contributed by atoms with Gasteiger partial charge in [-0.05, 0) is 48.5 Å². The van der Waals surface area contributed by atoms with Crippen molar-refractivity contribution in [3.8, 4) is 5.75 Å². The zero-order chi connectivity index (χ0) is 25.8. The van der Waals surface area contributed by atoms with Gasteiger partial charge in [-0.15, -0.1) is 0 Å². The van der Waals surface area contributed by atoms with Gasteiger partial charge in [0, 0.05) is 29.6 Å². The van der Waals surface area contributed by atoms with Crippen molar-refractivity contribution in [1.82, 2.24) is 0 Å². The van der Waals surface area contributed by atoms with E-state index in [1.54, 1.807) is 12.0 Å². The molecule has 0 unspecified atom stereocenters. The molecule has 0 aliphatic heterocycles. The van der Waals surface area contributed by atoms with E-state index >= 15 is 0 Å². The Labute approximate surface area is 216 Å². The number of benzene rings is 3. The van der Waals surface area contributed by atoms with Crippen molar-refractivity contribution in [3.63, 3.8) is 0 Å². The molecule has 7 nitrogen and oxygen atoms in total. The summed E-state index contributed by atoms with van der Waals surface area (Å²) in [6.07, 6.45) is 5.91. The third-order valence-corrected chi connectivity index (χ3v) is 6.17. The quantitative estimate of drug-likeness (QED) is 0.304. The van der Waals surface area contributed by atoms with E-state index in [0.29, 0.717) is 5.69 Å². The summed E-state index contributed by atoms with van der Waals surface area (Å²) in [6, 6.07) is 28.8. The maximum Gasteiger partial charge on any atom is 0.330 e. The van der Waals surface area contributed by atoms with E-state index in [0.717, 1.165) is 39.4 Å². The molecular formula is C30H29N5O2+2. The number of nitrogens with one attached hydrogen (secondary N) is 2. The summed E-state index contributed by atoms with van der Waals surface area (Å²) in [7, 11) is 5.60. The fourth-order valence-electron chi connectivity index (χ4n) is 4.31. The molecular weight excluding hydrogens is 462 g/mol. The highest BCUT2D eigenvalue weighted by Crippen LogP contribution is 2.34. The molecule has 0 bridgehead atoms. The van der Waals surface area contributed by atoms with Gasteiger partial charge in [0.2, 0.25) is 0 Å². The van der Waals surface area contributed by atoms with Gasteiger partial charge in [-0.2, -0.15) is 4.57 Å². The second-order valence-corrected chi connectivity index (χ2v) is 8.72. The van der Waals surface area contributed by atoms with Crippen molar-refractivity contribution < 1.29 is 18.7 Å². The first kappa shape index (κ1) is 23.8. The molecule has 0 saturated carbocycles. The number of amides is 2. The first-order valence-corrected chi connectivity index (χ1v) is 12.0. The van der Waals surface area contributed by atoms with E-state index in [9.17, 15) is 4.79 Å². The summed E-state index contributed by atoms with van der Waals surface area (Å²) in [4.78, 5) is 15.5. The lowest BCUT2D eigenvalue weighted by Gasteiger charge is -2.24. The van der Waals surface area contributed by atoms with E-state index in [1.807, 2.05) is 133 Å². The van der Waals surface area contributed by atoms with Gasteiger partial charge in [0.1, 0.15) is 14.1 Å². The highest BCUT2D eigenvalue weighted by Gasteiger charge is 2.24. The zero-order valence-corrected chi connectivity index (χ0v) is 21.1. The van der Waals surface area contributed by atoms with Crippen molar-refractivity contribution in [3.05, 3.63) is 110 Å². The Morgan fingerprint density at radius 2 is 1.43 bits per heavy atom. The highest BCUT2D eigenvalue weighted by atomic mass is 16.5. The number of urea groups is 1. The Morgan fingerprint density at radius 3 is 2.14 bits per heavy atom.